The van der Waals surface area contributed by atoms with Crippen LogP contribution in [0.1, 0.15) is 5.56 Å². The molecule has 122 valence electrons. The molecular weight excluding hydrogens is 336 g/mol. The van der Waals surface area contributed by atoms with Crippen molar-refractivity contribution in [2.45, 2.75) is 16.6 Å². The Morgan fingerprint density at radius 1 is 1.17 bits per heavy atom. The number of hydrogen-bond acceptors (Lipinski definition) is 4. The van der Waals surface area contributed by atoms with Gasteiger partial charge in [0.15, 0.2) is 0 Å². The van der Waals surface area contributed by atoms with Crippen molar-refractivity contribution in [3.05, 3.63) is 53.1 Å². The second-order valence-corrected chi connectivity index (χ2v) is 6.49. The number of benzene rings is 2. The summed E-state index contributed by atoms with van der Waals surface area (Å²) in [4.78, 5) is 12.5. The van der Waals surface area contributed by atoms with Crippen LogP contribution in [0.15, 0.2) is 47.4 Å². The highest BCUT2D eigenvalue weighted by Crippen LogP contribution is 2.31. The van der Waals surface area contributed by atoms with Crippen molar-refractivity contribution in [1.82, 2.24) is 0 Å². The van der Waals surface area contributed by atoms with Crippen molar-refractivity contribution in [3.63, 3.8) is 0 Å². The van der Waals surface area contributed by atoms with Crippen LogP contribution in [0.5, 0.6) is 11.5 Å². The van der Waals surface area contributed by atoms with Crippen molar-refractivity contribution in [2.24, 2.45) is 0 Å². The second-order valence-electron chi connectivity index (χ2n) is 4.78. The lowest BCUT2D eigenvalue weighted by Crippen LogP contribution is -2.19. The van der Waals surface area contributed by atoms with E-state index in [2.05, 4.69) is 0 Å². The molecule has 6 heteroatoms. The van der Waals surface area contributed by atoms with Gasteiger partial charge in [0, 0.05) is 9.92 Å². The van der Waals surface area contributed by atoms with Gasteiger partial charge >= 0.3 is 5.97 Å². The molecule has 0 amide bonds. The van der Waals surface area contributed by atoms with Gasteiger partial charge in [-0.05, 0) is 54.4 Å². The maximum Gasteiger partial charge on any atom is 0.317 e. The fourth-order valence-electron chi connectivity index (χ4n) is 2.10. The maximum atomic E-state index is 11.6. The van der Waals surface area contributed by atoms with Crippen LogP contribution in [0.4, 0.5) is 0 Å². The summed E-state index contributed by atoms with van der Waals surface area (Å²) in [6, 6.07) is 12.5. The molecule has 1 N–H and O–H groups in total. The molecular formula is C17H17ClO4S. The molecule has 0 spiro atoms. The van der Waals surface area contributed by atoms with E-state index in [1.165, 1.54) is 11.8 Å². The summed E-state index contributed by atoms with van der Waals surface area (Å²) >= 11 is 7.14. The monoisotopic (exact) mass is 352 g/mol. The van der Waals surface area contributed by atoms with E-state index in [1.807, 2.05) is 12.1 Å². The summed E-state index contributed by atoms with van der Waals surface area (Å²) in [6.07, 6.45) is 0.322. The van der Waals surface area contributed by atoms with Crippen LogP contribution in [0, 0.1) is 0 Å². The minimum atomic E-state index is -0.880. The molecule has 0 bridgehead atoms. The normalized spacial score (nSPS) is 11.8. The van der Waals surface area contributed by atoms with E-state index in [9.17, 15) is 9.90 Å². The lowest BCUT2D eigenvalue weighted by molar-refractivity contribution is -0.136. The Morgan fingerprint density at radius 2 is 1.87 bits per heavy atom. The smallest absolute Gasteiger partial charge is 0.317 e. The molecule has 2 aromatic rings. The van der Waals surface area contributed by atoms with E-state index in [-0.39, 0.29) is 0 Å². The van der Waals surface area contributed by atoms with Gasteiger partial charge in [0.1, 0.15) is 16.7 Å². The summed E-state index contributed by atoms with van der Waals surface area (Å²) in [5.74, 6) is 0.435. The van der Waals surface area contributed by atoms with Crippen molar-refractivity contribution < 1.29 is 19.4 Å². The molecule has 0 aliphatic carbocycles. The molecule has 4 nitrogen and oxygen atoms in total. The Balaban J connectivity index is 2.22. The zero-order valence-electron chi connectivity index (χ0n) is 12.8. The number of hydrogen-bond donors (Lipinski definition) is 1. The lowest BCUT2D eigenvalue weighted by Gasteiger charge is -2.15. The minimum absolute atomic E-state index is 0.322. The van der Waals surface area contributed by atoms with Crippen molar-refractivity contribution in [2.75, 3.05) is 14.2 Å². The molecule has 0 saturated heterocycles. The highest BCUT2D eigenvalue weighted by Gasteiger charge is 2.21. The van der Waals surface area contributed by atoms with Gasteiger partial charge in [-0.3, -0.25) is 4.79 Å². The zero-order chi connectivity index (χ0) is 16.8. The number of thioether (sulfide) groups is 1. The Labute approximate surface area is 144 Å². The molecule has 0 fully saturated rings. The number of carboxylic acid groups (broad SMARTS) is 1. The predicted molar refractivity (Wildman–Crippen MR) is 92.0 cm³/mol. The lowest BCUT2D eigenvalue weighted by atomic mass is 10.1. The third kappa shape index (κ3) is 4.81. The molecule has 1 atom stereocenters. The van der Waals surface area contributed by atoms with Crippen LogP contribution in [0.2, 0.25) is 5.02 Å². The first-order chi connectivity index (χ1) is 11.0. The van der Waals surface area contributed by atoms with Crippen LogP contribution in [-0.2, 0) is 11.2 Å². The molecule has 2 aromatic carbocycles. The van der Waals surface area contributed by atoms with Gasteiger partial charge < -0.3 is 14.6 Å². The first-order valence-corrected chi connectivity index (χ1v) is 8.15. The van der Waals surface area contributed by atoms with Gasteiger partial charge in [0.2, 0.25) is 0 Å². The summed E-state index contributed by atoms with van der Waals surface area (Å²) in [5, 5.41) is 9.50. The van der Waals surface area contributed by atoms with E-state index >= 15 is 0 Å². The number of rotatable bonds is 7. The topological polar surface area (TPSA) is 55.8 Å². The third-order valence-electron chi connectivity index (χ3n) is 3.26. The quantitative estimate of drug-likeness (QED) is 0.759. The second kappa shape index (κ2) is 8.13. The molecule has 23 heavy (non-hydrogen) atoms. The van der Waals surface area contributed by atoms with Gasteiger partial charge in [0.05, 0.1) is 14.2 Å². The molecule has 0 aromatic heterocycles. The summed E-state index contributed by atoms with van der Waals surface area (Å²) in [5.41, 5.74) is 0.792. The number of ether oxygens (including phenoxy) is 2. The molecule has 1 unspecified atom stereocenters. The fourth-order valence-corrected chi connectivity index (χ4v) is 3.21. The van der Waals surface area contributed by atoms with E-state index in [1.54, 1.807) is 44.6 Å². The summed E-state index contributed by atoms with van der Waals surface area (Å²) in [7, 11) is 3.14. The highest BCUT2D eigenvalue weighted by molar-refractivity contribution is 8.00. The van der Waals surface area contributed by atoms with Crippen molar-refractivity contribution in [1.29, 1.82) is 0 Å². The van der Waals surface area contributed by atoms with Crippen LogP contribution in [0.25, 0.3) is 0 Å². The standard InChI is InChI=1S/C17H17ClO4S/c1-21-13-5-8-15(22-2)11(9-13)10-16(17(19)20)23-14-6-3-12(18)4-7-14/h3-9,16H,10H2,1-2H3,(H,19,20). The largest absolute Gasteiger partial charge is 0.497 e. The molecule has 0 aliphatic rings. The number of aliphatic carboxylic acids is 1. The first kappa shape index (κ1) is 17.5. The van der Waals surface area contributed by atoms with Gasteiger partial charge in [-0.1, -0.05) is 11.6 Å². The number of carbonyl (C=O) groups is 1. The number of carboxylic acids is 1. The summed E-state index contributed by atoms with van der Waals surface area (Å²) < 4.78 is 10.5. The van der Waals surface area contributed by atoms with E-state index in [4.69, 9.17) is 21.1 Å². The van der Waals surface area contributed by atoms with Crippen molar-refractivity contribution in [3.8, 4) is 11.5 Å². The van der Waals surface area contributed by atoms with Gasteiger partial charge in [-0.2, -0.15) is 0 Å². The van der Waals surface area contributed by atoms with E-state index in [0.717, 1.165) is 10.5 Å². The minimum Gasteiger partial charge on any atom is -0.497 e. The molecule has 0 heterocycles. The van der Waals surface area contributed by atoms with Crippen LogP contribution < -0.4 is 9.47 Å². The SMILES string of the molecule is COc1ccc(OC)c(CC(Sc2ccc(Cl)cc2)C(=O)O)c1. The van der Waals surface area contributed by atoms with Gasteiger partial charge in [0.25, 0.3) is 0 Å². The Morgan fingerprint density at radius 3 is 2.43 bits per heavy atom. The van der Waals surface area contributed by atoms with Gasteiger partial charge in [-0.25, -0.2) is 0 Å². The van der Waals surface area contributed by atoms with Crippen LogP contribution >= 0.6 is 23.4 Å². The number of methoxy groups -OCH3 is 2. The van der Waals surface area contributed by atoms with Gasteiger partial charge in [-0.15, -0.1) is 11.8 Å². The average Bonchev–Trinajstić information content (AvgIpc) is 2.56. The zero-order valence-corrected chi connectivity index (χ0v) is 14.4. The van der Waals surface area contributed by atoms with Crippen LogP contribution in [0.3, 0.4) is 0 Å². The molecule has 0 aliphatic heterocycles. The van der Waals surface area contributed by atoms with Crippen molar-refractivity contribution >= 4 is 29.3 Å². The fraction of sp³-hybridized carbons (Fsp3) is 0.235. The molecule has 0 saturated carbocycles. The maximum absolute atomic E-state index is 11.6. The average molecular weight is 353 g/mol. The summed E-state index contributed by atoms with van der Waals surface area (Å²) in [6.45, 7) is 0. The van der Waals surface area contributed by atoms with E-state index < -0.39 is 11.2 Å². The highest BCUT2D eigenvalue weighted by atomic mass is 35.5. The first-order valence-electron chi connectivity index (χ1n) is 6.89. The third-order valence-corrected chi connectivity index (χ3v) is 4.71. The van der Waals surface area contributed by atoms with E-state index in [0.29, 0.717) is 22.9 Å². The molecule has 2 rings (SSSR count). The Bertz CT molecular complexity index is 673. The molecule has 0 radical (unpaired) electrons. The Hall–Kier alpha value is -1.85. The Kier molecular flexibility index (Phi) is 6.19. The predicted octanol–water partition coefficient (Wildman–Crippen LogP) is 4.15. The van der Waals surface area contributed by atoms with Crippen LogP contribution in [-0.4, -0.2) is 30.5 Å². The number of halogens is 1.